The molecule has 1 saturated heterocycles. The predicted octanol–water partition coefficient (Wildman–Crippen LogP) is 4.64. The summed E-state index contributed by atoms with van der Waals surface area (Å²) < 4.78 is 8.31. The molecule has 0 amide bonds. The quantitative estimate of drug-likeness (QED) is 0.429. The van der Waals surface area contributed by atoms with Gasteiger partial charge in [-0.2, -0.15) is 9.61 Å². The highest BCUT2D eigenvalue weighted by Crippen LogP contribution is 2.31. The molecule has 1 aliphatic heterocycles. The van der Waals surface area contributed by atoms with Crippen LogP contribution < -0.4 is 11.1 Å². The van der Waals surface area contributed by atoms with E-state index in [1.54, 1.807) is 4.52 Å². The smallest absolute Gasteiger partial charge is 0.165 e. The number of halogens is 1. The maximum atomic E-state index is 6.42. The van der Waals surface area contributed by atoms with Crippen LogP contribution in [0.1, 0.15) is 37.9 Å². The molecule has 5 rings (SSSR count). The monoisotopic (exact) mass is 494 g/mol. The topological polar surface area (TPSA) is 90.4 Å². The maximum absolute atomic E-state index is 6.42. The molecule has 4 heterocycles. The average Bonchev–Trinajstić information content (AvgIpc) is 3.18. The first-order valence-electron chi connectivity index (χ1n) is 11.0. The van der Waals surface area contributed by atoms with Gasteiger partial charge in [0.05, 0.1) is 34.1 Å². The van der Waals surface area contributed by atoms with Gasteiger partial charge in [0.15, 0.2) is 5.65 Å². The Morgan fingerprint density at radius 3 is 2.75 bits per heavy atom. The number of benzene rings is 1. The van der Waals surface area contributed by atoms with Crippen molar-refractivity contribution >= 4 is 38.3 Å². The van der Waals surface area contributed by atoms with Crippen molar-refractivity contribution in [1.29, 1.82) is 0 Å². The van der Waals surface area contributed by atoms with E-state index in [2.05, 4.69) is 70.3 Å². The predicted molar refractivity (Wildman–Crippen MR) is 130 cm³/mol. The van der Waals surface area contributed by atoms with Crippen LogP contribution in [0.3, 0.4) is 0 Å². The Morgan fingerprint density at radius 2 is 1.97 bits per heavy atom. The highest BCUT2D eigenvalue weighted by Gasteiger charge is 2.25. The molecule has 1 aromatic carbocycles. The Bertz CT molecular complexity index is 1290. The molecule has 0 bridgehead atoms. The third-order valence-electron chi connectivity index (χ3n) is 6.09. The van der Waals surface area contributed by atoms with E-state index in [1.165, 1.54) is 5.56 Å². The summed E-state index contributed by atoms with van der Waals surface area (Å²) in [5, 5.41) is 9.24. The van der Waals surface area contributed by atoms with Gasteiger partial charge in [-0.05, 0) is 67.7 Å². The van der Waals surface area contributed by atoms with Gasteiger partial charge in [0, 0.05) is 35.3 Å². The van der Waals surface area contributed by atoms with Gasteiger partial charge in [0.2, 0.25) is 0 Å². The molecule has 0 radical (unpaired) electrons. The zero-order chi connectivity index (χ0) is 22.4. The Kier molecular flexibility index (Phi) is 5.61. The van der Waals surface area contributed by atoms with Crippen molar-refractivity contribution in [3.8, 4) is 11.1 Å². The normalized spacial score (nSPS) is 21.4. The molecule has 8 heteroatoms. The Hall–Kier alpha value is -2.55. The molecule has 4 aromatic rings. The zero-order valence-electron chi connectivity index (χ0n) is 18.5. The second kappa shape index (κ2) is 8.42. The summed E-state index contributed by atoms with van der Waals surface area (Å²) in [6.07, 6.45) is 6.16. The molecule has 1 unspecified atom stereocenters. The number of aromatic nitrogens is 4. The second-order valence-corrected chi connectivity index (χ2v) is 9.57. The van der Waals surface area contributed by atoms with E-state index in [-0.39, 0.29) is 12.2 Å². The van der Waals surface area contributed by atoms with Crippen LogP contribution in [0.2, 0.25) is 0 Å². The lowest BCUT2D eigenvalue weighted by Gasteiger charge is -2.32. The zero-order valence-corrected chi connectivity index (χ0v) is 20.1. The van der Waals surface area contributed by atoms with Gasteiger partial charge in [-0.1, -0.05) is 11.6 Å². The van der Waals surface area contributed by atoms with Gasteiger partial charge in [-0.3, -0.25) is 4.98 Å². The van der Waals surface area contributed by atoms with E-state index >= 15 is 0 Å². The fourth-order valence-corrected chi connectivity index (χ4v) is 4.97. The summed E-state index contributed by atoms with van der Waals surface area (Å²) in [6, 6.07) is 8.77. The first-order valence-corrected chi connectivity index (χ1v) is 11.8. The number of nitrogens with zero attached hydrogens (tertiary/aromatic N) is 4. The molecular weight excluding hydrogens is 468 g/mol. The summed E-state index contributed by atoms with van der Waals surface area (Å²) in [5.74, 6) is 0.538. The number of fused-ring (bicyclic) bond motifs is 2. The number of aryl methyl sites for hydroxylation is 1. The van der Waals surface area contributed by atoms with Crippen molar-refractivity contribution in [2.45, 2.75) is 58.4 Å². The highest BCUT2D eigenvalue weighted by atomic mass is 79.9. The van der Waals surface area contributed by atoms with Gasteiger partial charge in [0.1, 0.15) is 5.82 Å². The van der Waals surface area contributed by atoms with Crippen molar-refractivity contribution < 1.29 is 4.74 Å². The van der Waals surface area contributed by atoms with Crippen LogP contribution in [-0.4, -0.2) is 37.8 Å². The lowest BCUT2D eigenvalue weighted by molar-refractivity contribution is -0.0423. The van der Waals surface area contributed by atoms with Gasteiger partial charge in [-0.15, -0.1) is 0 Å². The molecule has 3 aromatic heterocycles. The largest absolute Gasteiger partial charge is 0.383 e. The number of anilines is 1. The number of nitrogens with one attached hydrogen (secondary N) is 1. The lowest BCUT2D eigenvalue weighted by atomic mass is 10.00. The minimum absolute atomic E-state index is 0.255. The summed E-state index contributed by atoms with van der Waals surface area (Å²) in [6.45, 7) is 6.95. The second-order valence-electron chi connectivity index (χ2n) is 8.78. The maximum Gasteiger partial charge on any atom is 0.165 e. The Balaban J connectivity index is 1.50. The van der Waals surface area contributed by atoms with Crippen LogP contribution in [-0.2, 0) is 11.3 Å². The average molecular weight is 495 g/mol. The van der Waals surface area contributed by atoms with Crippen molar-refractivity contribution in [1.82, 2.24) is 24.9 Å². The van der Waals surface area contributed by atoms with Crippen LogP contribution in [0.25, 0.3) is 27.7 Å². The Labute approximate surface area is 195 Å². The van der Waals surface area contributed by atoms with Gasteiger partial charge >= 0.3 is 0 Å². The minimum atomic E-state index is 0.255. The van der Waals surface area contributed by atoms with E-state index < -0.39 is 0 Å². The number of nitrogen functional groups attached to an aromatic ring is 1. The minimum Gasteiger partial charge on any atom is -0.383 e. The van der Waals surface area contributed by atoms with Crippen molar-refractivity contribution in [3.63, 3.8) is 0 Å². The fraction of sp³-hybridized carbons (Fsp3) is 0.375. The molecule has 0 spiro atoms. The lowest BCUT2D eigenvalue weighted by Crippen LogP contribution is -2.41. The summed E-state index contributed by atoms with van der Waals surface area (Å²) in [4.78, 5) is 9.57. The SMILES string of the molecule is Cc1ccc2ncc(-c3cnn4c(N)c(Br)c(CNC5C[C@@H](C)O[C@@H](C)C5)nc34)cc2c1. The summed E-state index contributed by atoms with van der Waals surface area (Å²) in [7, 11) is 0. The van der Waals surface area contributed by atoms with E-state index in [0.29, 0.717) is 18.4 Å². The van der Waals surface area contributed by atoms with Crippen molar-refractivity contribution in [2.24, 2.45) is 0 Å². The Morgan fingerprint density at radius 1 is 1.19 bits per heavy atom. The molecule has 1 aliphatic rings. The van der Waals surface area contributed by atoms with Crippen LogP contribution >= 0.6 is 15.9 Å². The van der Waals surface area contributed by atoms with Gasteiger partial charge in [-0.25, -0.2) is 4.98 Å². The number of ether oxygens (including phenoxy) is 1. The summed E-state index contributed by atoms with van der Waals surface area (Å²) in [5.41, 5.74) is 12.1. The first-order chi connectivity index (χ1) is 15.4. The number of rotatable bonds is 4. The third kappa shape index (κ3) is 3.98. The number of nitrogens with two attached hydrogens (primary N) is 1. The third-order valence-corrected chi connectivity index (χ3v) is 6.96. The molecule has 3 atom stereocenters. The fourth-order valence-electron chi connectivity index (χ4n) is 4.58. The van der Waals surface area contributed by atoms with Crippen LogP contribution in [0.15, 0.2) is 41.1 Å². The standard InChI is InChI=1S/C24H27BrN6O/c1-13-4-5-20-16(6-13)9-17(10-28-20)19-11-29-31-23(26)22(25)21(30-24(19)31)12-27-18-7-14(2)32-15(3)8-18/h4-6,9-11,14-15,18,27H,7-8,12,26H2,1-3H3/t14-,15+,18?. The molecule has 3 N–H and O–H groups in total. The van der Waals surface area contributed by atoms with Crippen molar-refractivity contribution in [2.75, 3.05) is 5.73 Å². The van der Waals surface area contributed by atoms with Crippen LogP contribution in [0.4, 0.5) is 5.82 Å². The highest BCUT2D eigenvalue weighted by molar-refractivity contribution is 9.10. The molecule has 0 saturated carbocycles. The number of hydrogen-bond acceptors (Lipinski definition) is 6. The van der Waals surface area contributed by atoms with E-state index in [9.17, 15) is 0 Å². The number of pyridine rings is 1. The van der Waals surface area contributed by atoms with E-state index in [0.717, 1.165) is 50.7 Å². The molecule has 32 heavy (non-hydrogen) atoms. The summed E-state index contributed by atoms with van der Waals surface area (Å²) >= 11 is 3.63. The van der Waals surface area contributed by atoms with Crippen molar-refractivity contribution in [3.05, 3.63) is 52.4 Å². The van der Waals surface area contributed by atoms with Gasteiger partial charge in [0.25, 0.3) is 0 Å². The molecular formula is C24H27BrN6O. The van der Waals surface area contributed by atoms with E-state index in [4.69, 9.17) is 15.5 Å². The van der Waals surface area contributed by atoms with E-state index in [1.807, 2.05) is 18.5 Å². The molecule has 0 aliphatic carbocycles. The van der Waals surface area contributed by atoms with Gasteiger partial charge < -0.3 is 15.8 Å². The first kappa shape index (κ1) is 21.3. The molecule has 7 nitrogen and oxygen atoms in total. The number of hydrogen-bond donors (Lipinski definition) is 2. The van der Waals surface area contributed by atoms with Crippen LogP contribution in [0.5, 0.6) is 0 Å². The molecule has 1 fully saturated rings. The molecule has 166 valence electrons. The van der Waals surface area contributed by atoms with Crippen LogP contribution in [0, 0.1) is 6.92 Å².